The van der Waals surface area contributed by atoms with Crippen LogP contribution >= 0.6 is 0 Å². The Bertz CT molecular complexity index is 1280. The van der Waals surface area contributed by atoms with E-state index in [0.29, 0.717) is 19.3 Å². The van der Waals surface area contributed by atoms with Crippen molar-refractivity contribution in [1.82, 2.24) is 0 Å². The van der Waals surface area contributed by atoms with Crippen molar-refractivity contribution in [3.8, 4) is 0 Å². The van der Waals surface area contributed by atoms with Crippen molar-refractivity contribution in [2.45, 2.75) is 322 Å². The molecule has 412 valence electrons. The highest BCUT2D eigenvalue weighted by Gasteiger charge is 2.19. The maximum Gasteiger partial charge on any atom is 0.306 e. The van der Waals surface area contributed by atoms with Gasteiger partial charge in [-0.25, -0.2) is 0 Å². The van der Waals surface area contributed by atoms with Crippen molar-refractivity contribution in [3.05, 3.63) is 60.8 Å². The highest BCUT2D eigenvalue weighted by atomic mass is 16.6. The van der Waals surface area contributed by atoms with Gasteiger partial charge in [-0.2, -0.15) is 0 Å². The third-order valence-electron chi connectivity index (χ3n) is 13.5. The fraction of sp³-hybridized carbons (Fsp3) is 0.800. The van der Waals surface area contributed by atoms with Gasteiger partial charge in [0.1, 0.15) is 13.2 Å². The molecule has 71 heavy (non-hydrogen) atoms. The Morgan fingerprint density at radius 2 is 0.549 bits per heavy atom. The Hall–Kier alpha value is -2.89. The highest BCUT2D eigenvalue weighted by Crippen LogP contribution is 2.17. The van der Waals surface area contributed by atoms with Crippen LogP contribution in [-0.2, 0) is 28.6 Å². The van der Waals surface area contributed by atoms with Crippen LogP contribution in [0.1, 0.15) is 316 Å². The van der Waals surface area contributed by atoms with Crippen molar-refractivity contribution in [2.75, 3.05) is 13.2 Å². The lowest BCUT2D eigenvalue weighted by atomic mass is 10.0. The van der Waals surface area contributed by atoms with Gasteiger partial charge >= 0.3 is 17.9 Å². The summed E-state index contributed by atoms with van der Waals surface area (Å²) in [6, 6.07) is 0. The number of hydrogen-bond acceptors (Lipinski definition) is 6. The second-order valence-corrected chi connectivity index (χ2v) is 20.6. The van der Waals surface area contributed by atoms with Crippen LogP contribution in [0.3, 0.4) is 0 Å². The molecule has 0 aromatic carbocycles. The second-order valence-electron chi connectivity index (χ2n) is 20.6. The van der Waals surface area contributed by atoms with Crippen LogP contribution in [0.2, 0.25) is 0 Å². The normalized spacial score (nSPS) is 12.4. The lowest BCUT2D eigenvalue weighted by Gasteiger charge is -2.18. The molecule has 0 amide bonds. The zero-order valence-electron chi connectivity index (χ0n) is 47.2. The van der Waals surface area contributed by atoms with E-state index in [2.05, 4.69) is 81.5 Å². The molecular weight excluding hydrogens is 877 g/mol. The minimum atomic E-state index is -0.771. The molecule has 6 heteroatoms. The molecule has 0 saturated heterocycles. The van der Waals surface area contributed by atoms with E-state index in [9.17, 15) is 14.4 Å². The van der Waals surface area contributed by atoms with Gasteiger partial charge in [-0.05, 0) is 83.5 Å². The monoisotopic (exact) mass is 993 g/mol. The van der Waals surface area contributed by atoms with Crippen LogP contribution in [-0.4, -0.2) is 37.2 Å². The fourth-order valence-corrected chi connectivity index (χ4v) is 8.90. The second kappa shape index (κ2) is 59.7. The number of rotatable bonds is 56. The smallest absolute Gasteiger partial charge is 0.306 e. The van der Waals surface area contributed by atoms with Crippen molar-refractivity contribution in [1.29, 1.82) is 0 Å². The van der Waals surface area contributed by atoms with Gasteiger partial charge in [-0.3, -0.25) is 14.4 Å². The van der Waals surface area contributed by atoms with Gasteiger partial charge < -0.3 is 14.2 Å². The van der Waals surface area contributed by atoms with E-state index < -0.39 is 6.10 Å². The van der Waals surface area contributed by atoms with E-state index in [0.717, 1.165) is 83.5 Å². The highest BCUT2D eigenvalue weighted by molar-refractivity contribution is 5.71. The van der Waals surface area contributed by atoms with Gasteiger partial charge in [0.05, 0.1) is 0 Å². The molecule has 0 aromatic rings. The van der Waals surface area contributed by atoms with Gasteiger partial charge in [-0.15, -0.1) is 0 Å². The average molecular weight is 994 g/mol. The first-order chi connectivity index (χ1) is 35.0. The molecule has 0 rings (SSSR count). The molecule has 0 saturated carbocycles. The quantitative estimate of drug-likeness (QED) is 0.0261. The maximum atomic E-state index is 12.8. The minimum Gasteiger partial charge on any atom is -0.462 e. The standard InChI is InChI=1S/C65H116O6/c1-4-7-10-13-16-18-20-22-24-26-27-28-29-30-31-32-33-34-35-36-37-39-40-42-44-46-49-52-55-58-64(67)70-61-62(60-69-63(66)57-54-51-48-15-12-9-6-3)71-65(68)59-56-53-50-47-45-43-41-38-25-23-21-19-17-14-11-8-5-2/h7,10,16,18,22-25,27-28,62H,4-6,8-9,11-15,17,19-21,26,29-61H2,1-3H3/b10-7-,18-16-,24-22-,25-23-,28-27-. The summed E-state index contributed by atoms with van der Waals surface area (Å²) in [6.45, 7) is 6.51. The van der Waals surface area contributed by atoms with Crippen molar-refractivity contribution in [2.24, 2.45) is 0 Å². The molecule has 0 aliphatic heterocycles. The third kappa shape index (κ3) is 57.9. The molecule has 0 bridgehead atoms. The number of ether oxygens (including phenoxy) is 3. The molecule has 0 heterocycles. The van der Waals surface area contributed by atoms with Crippen LogP contribution in [0, 0.1) is 0 Å². The first kappa shape index (κ1) is 68.1. The van der Waals surface area contributed by atoms with E-state index in [-0.39, 0.29) is 31.1 Å². The first-order valence-electron chi connectivity index (χ1n) is 30.8. The van der Waals surface area contributed by atoms with Crippen LogP contribution < -0.4 is 0 Å². The van der Waals surface area contributed by atoms with Gasteiger partial charge in [0.2, 0.25) is 0 Å². The largest absolute Gasteiger partial charge is 0.462 e. The molecule has 0 fully saturated rings. The summed E-state index contributed by atoms with van der Waals surface area (Å²) >= 11 is 0. The number of hydrogen-bond donors (Lipinski definition) is 0. The zero-order valence-corrected chi connectivity index (χ0v) is 47.2. The molecule has 0 N–H and O–H groups in total. The predicted octanol–water partition coefficient (Wildman–Crippen LogP) is 20.8. The lowest BCUT2D eigenvalue weighted by Crippen LogP contribution is -2.30. The van der Waals surface area contributed by atoms with Gasteiger partial charge in [0.15, 0.2) is 6.10 Å². The van der Waals surface area contributed by atoms with Crippen LogP contribution in [0.25, 0.3) is 0 Å². The third-order valence-corrected chi connectivity index (χ3v) is 13.5. The number of esters is 3. The SMILES string of the molecule is CC/C=C\C/C=C\C/C=C\C/C=C\CCCCCCCCCCCCCCCCCCC(=O)OCC(COC(=O)CCCCCCCCC)OC(=O)CCCCCCCCC/C=C\CCCCCCCC. The van der Waals surface area contributed by atoms with Crippen molar-refractivity contribution < 1.29 is 28.6 Å². The van der Waals surface area contributed by atoms with Gasteiger partial charge in [-0.1, -0.05) is 274 Å². The summed E-state index contributed by atoms with van der Waals surface area (Å²) in [4.78, 5) is 38.0. The van der Waals surface area contributed by atoms with E-state index in [1.807, 2.05) is 0 Å². The molecule has 0 radical (unpaired) electrons. The van der Waals surface area contributed by atoms with Crippen LogP contribution in [0.5, 0.6) is 0 Å². The zero-order chi connectivity index (χ0) is 51.4. The van der Waals surface area contributed by atoms with E-state index in [1.54, 1.807) is 0 Å². The predicted molar refractivity (Wildman–Crippen MR) is 307 cm³/mol. The maximum absolute atomic E-state index is 12.8. The Morgan fingerprint density at radius 1 is 0.296 bits per heavy atom. The number of carbonyl (C=O) groups excluding carboxylic acids is 3. The summed E-state index contributed by atoms with van der Waals surface area (Å²) in [5.74, 6) is -0.869. The topological polar surface area (TPSA) is 78.9 Å². The Kier molecular flexibility index (Phi) is 57.2. The van der Waals surface area contributed by atoms with E-state index in [4.69, 9.17) is 14.2 Å². The van der Waals surface area contributed by atoms with E-state index in [1.165, 1.54) is 193 Å². The number of carbonyl (C=O) groups is 3. The van der Waals surface area contributed by atoms with Gasteiger partial charge in [0.25, 0.3) is 0 Å². The molecule has 6 nitrogen and oxygen atoms in total. The van der Waals surface area contributed by atoms with E-state index >= 15 is 0 Å². The fourth-order valence-electron chi connectivity index (χ4n) is 8.90. The van der Waals surface area contributed by atoms with Crippen molar-refractivity contribution >= 4 is 17.9 Å². The summed E-state index contributed by atoms with van der Waals surface area (Å²) in [7, 11) is 0. The summed E-state index contributed by atoms with van der Waals surface area (Å²) in [5, 5.41) is 0. The average Bonchev–Trinajstić information content (AvgIpc) is 3.37. The van der Waals surface area contributed by atoms with Crippen molar-refractivity contribution in [3.63, 3.8) is 0 Å². The summed E-state index contributed by atoms with van der Waals surface area (Å²) in [6.07, 6.45) is 75.4. The molecule has 0 spiro atoms. The Balaban J connectivity index is 4.07. The Labute approximate surface area is 440 Å². The molecular formula is C65H116O6. The first-order valence-corrected chi connectivity index (χ1v) is 30.8. The van der Waals surface area contributed by atoms with Crippen LogP contribution in [0.15, 0.2) is 60.8 Å². The van der Waals surface area contributed by atoms with Gasteiger partial charge in [0, 0.05) is 19.3 Å². The summed E-state index contributed by atoms with van der Waals surface area (Å²) in [5.41, 5.74) is 0. The lowest BCUT2D eigenvalue weighted by molar-refractivity contribution is -0.167. The molecule has 0 aliphatic rings. The molecule has 0 aromatic heterocycles. The minimum absolute atomic E-state index is 0.0721. The van der Waals surface area contributed by atoms with Crippen LogP contribution in [0.4, 0.5) is 0 Å². The number of unbranched alkanes of at least 4 members (excludes halogenated alkanes) is 35. The molecule has 1 atom stereocenters. The number of allylic oxidation sites excluding steroid dienone is 10. The Morgan fingerprint density at radius 3 is 0.873 bits per heavy atom. The molecule has 0 aliphatic carbocycles. The summed E-state index contributed by atoms with van der Waals surface area (Å²) < 4.78 is 16.8. The molecule has 1 unspecified atom stereocenters.